The van der Waals surface area contributed by atoms with Gasteiger partial charge in [-0.25, -0.2) is 0 Å². The Morgan fingerprint density at radius 3 is 2.58 bits per heavy atom. The van der Waals surface area contributed by atoms with Crippen molar-refractivity contribution in [1.29, 1.82) is 0 Å². The number of rotatable bonds is 10. The predicted molar refractivity (Wildman–Crippen MR) is 91.2 cm³/mol. The molecule has 6 heteroatoms. The monoisotopic (exact) mass is 334 g/mol. The minimum Gasteiger partial charge on any atom is -0.493 e. The molecular formula is C18H26N2O4. The highest BCUT2D eigenvalue weighted by molar-refractivity contribution is 5.81. The number of nitrogens with one attached hydrogen (secondary N) is 2. The van der Waals surface area contributed by atoms with Gasteiger partial charge < -0.3 is 20.1 Å². The van der Waals surface area contributed by atoms with Gasteiger partial charge in [-0.05, 0) is 43.9 Å². The molecule has 0 unspecified atom stereocenters. The highest BCUT2D eigenvalue weighted by Crippen LogP contribution is 2.29. The van der Waals surface area contributed by atoms with Gasteiger partial charge in [0.15, 0.2) is 11.5 Å². The van der Waals surface area contributed by atoms with Crippen LogP contribution in [-0.4, -0.2) is 38.6 Å². The molecule has 1 aromatic carbocycles. The molecule has 0 saturated heterocycles. The van der Waals surface area contributed by atoms with Crippen molar-refractivity contribution < 1.29 is 19.1 Å². The normalized spacial score (nSPS) is 13.2. The minimum atomic E-state index is -0.0245. The number of methoxy groups -OCH3 is 1. The molecule has 1 fully saturated rings. The van der Waals surface area contributed by atoms with E-state index in [1.54, 1.807) is 7.11 Å². The summed E-state index contributed by atoms with van der Waals surface area (Å²) in [6, 6.07) is 5.70. The fourth-order valence-corrected chi connectivity index (χ4v) is 2.37. The summed E-state index contributed by atoms with van der Waals surface area (Å²) in [5.41, 5.74) is 1.02. The van der Waals surface area contributed by atoms with Crippen molar-refractivity contribution in [2.45, 2.75) is 32.6 Å². The Labute approximate surface area is 142 Å². The van der Waals surface area contributed by atoms with Crippen molar-refractivity contribution in [3.63, 3.8) is 0 Å². The highest BCUT2D eigenvalue weighted by atomic mass is 16.5. The molecule has 0 bridgehead atoms. The molecule has 0 heterocycles. The first-order chi connectivity index (χ1) is 11.6. The Kier molecular flexibility index (Phi) is 6.90. The fourth-order valence-electron chi connectivity index (χ4n) is 2.37. The van der Waals surface area contributed by atoms with E-state index >= 15 is 0 Å². The van der Waals surface area contributed by atoms with Gasteiger partial charge in [-0.2, -0.15) is 0 Å². The lowest BCUT2D eigenvalue weighted by atomic mass is 10.1. The van der Waals surface area contributed by atoms with Crippen molar-refractivity contribution in [3.05, 3.63) is 23.8 Å². The number of carbonyl (C=O) groups is 2. The summed E-state index contributed by atoms with van der Waals surface area (Å²) in [6.45, 7) is 3.45. The fraction of sp³-hybridized carbons (Fsp3) is 0.556. The lowest BCUT2D eigenvalue weighted by Crippen LogP contribution is -2.35. The van der Waals surface area contributed by atoms with Gasteiger partial charge in [0.2, 0.25) is 11.8 Å². The van der Waals surface area contributed by atoms with E-state index in [0.717, 1.165) is 18.4 Å². The number of hydrogen-bond donors (Lipinski definition) is 2. The number of carbonyl (C=O) groups excluding carboxylic acids is 2. The number of aryl methyl sites for hydroxylation is 1. The van der Waals surface area contributed by atoms with Crippen LogP contribution < -0.4 is 20.1 Å². The second-order valence-corrected chi connectivity index (χ2v) is 5.83. The van der Waals surface area contributed by atoms with Crippen LogP contribution in [0.3, 0.4) is 0 Å². The number of amides is 2. The summed E-state index contributed by atoms with van der Waals surface area (Å²) in [5.74, 6) is 1.67. The molecule has 24 heavy (non-hydrogen) atoms. The van der Waals surface area contributed by atoms with Crippen LogP contribution in [0.25, 0.3) is 0 Å². The van der Waals surface area contributed by atoms with Crippen LogP contribution in [0.15, 0.2) is 18.2 Å². The summed E-state index contributed by atoms with van der Waals surface area (Å²) in [4.78, 5) is 23.3. The van der Waals surface area contributed by atoms with E-state index in [0.29, 0.717) is 44.0 Å². The summed E-state index contributed by atoms with van der Waals surface area (Å²) in [6.07, 6.45) is 3.00. The third kappa shape index (κ3) is 5.76. The lowest BCUT2D eigenvalue weighted by Gasteiger charge is -2.11. The van der Waals surface area contributed by atoms with Crippen molar-refractivity contribution in [2.24, 2.45) is 5.92 Å². The SMILES string of the molecule is CCOc1ccc(CCC(=O)NCCNC(=O)C2CC2)cc1OC. The Morgan fingerprint density at radius 2 is 1.92 bits per heavy atom. The Balaban J connectivity index is 1.68. The molecule has 0 atom stereocenters. The summed E-state index contributed by atoms with van der Waals surface area (Å²) >= 11 is 0. The zero-order valence-corrected chi connectivity index (χ0v) is 14.4. The summed E-state index contributed by atoms with van der Waals surface area (Å²) in [7, 11) is 1.60. The molecule has 0 aliphatic heterocycles. The minimum absolute atomic E-state index is 0.0245. The van der Waals surface area contributed by atoms with Gasteiger partial charge in [0.1, 0.15) is 0 Å². The van der Waals surface area contributed by atoms with Gasteiger partial charge in [-0.1, -0.05) is 6.07 Å². The van der Waals surface area contributed by atoms with Gasteiger partial charge in [0, 0.05) is 25.4 Å². The molecule has 6 nitrogen and oxygen atoms in total. The molecule has 1 aliphatic rings. The van der Waals surface area contributed by atoms with Crippen molar-refractivity contribution in [1.82, 2.24) is 10.6 Å². The smallest absolute Gasteiger partial charge is 0.223 e. The summed E-state index contributed by atoms with van der Waals surface area (Å²) < 4.78 is 10.8. The first kappa shape index (κ1) is 18.1. The van der Waals surface area contributed by atoms with E-state index in [2.05, 4.69) is 10.6 Å². The largest absolute Gasteiger partial charge is 0.493 e. The van der Waals surface area contributed by atoms with Crippen LogP contribution in [0.4, 0.5) is 0 Å². The predicted octanol–water partition coefficient (Wildman–Crippen LogP) is 1.67. The quantitative estimate of drug-likeness (QED) is 0.638. The third-order valence-electron chi connectivity index (χ3n) is 3.86. The molecule has 0 aromatic heterocycles. The van der Waals surface area contributed by atoms with E-state index in [9.17, 15) is 9.59 Å². The first-order valence-corrected chi connectivity index (χ1v) is 8.48. The van der Waals surface area contributed by atoms with E-state index in [1.165, 1.54) is 0 Å². The van der Waals surface area contributed by atoms with Gasteiger partial charge in [-0.3, -0.25) is 9.59 Å². The lowest BCUT2D eigenvalue weighted by molar-refractivity contribution is -0.123. The molecular weight excluding hydrogens is 308 g/mol. The second-order valence-electron chi connectivity index (χ2n) is 5.83. The zero-order valence-electron chi connectivity index (χ0n) is 14.4. The van der Waals surface area contributed by atoms with Crippen LogP contribution in [-0.2, 0) is 16.0 Å². The Bertz CT molecular complexity index is 570. The first-order valence-electron chi connectivity index (χ1n) is 8.48. The van der Waals surface area contributed by atoms with Crippen LogP contribution in [0.1, 0.15) is 31.7 Å². The molecule has 1 saturated carbocycles. The van der Waals surface area contributed by atoms with Crippen LogP contribution in [0.5, 0.6) is 11.5 Å². The number of hydrogen-bond acceptors (Lipinski definition) is 4. The average Bonchev–Trinajstić information content (AvgIpc) is 3.43. The molecule has 2 amide bonds. The van der Waals surface area contributed by atoms with Gasteiger partial charge >= 0.3 is 0 Å². The van der Waals surface area contributed by atoms with Gasteiger partial charge in [-0.15, -0.1) is 0 Å². The van der Waals surface area contributed by atoms with E-state index in [1.807, 2.05) is 25.1 Å². The highest BCUT2D eigenvalue weighted by Gasteiger charge is 2.28. The molecule has 0 radical (unpaired) electrons. The second kappa shape index (κ2) is 9.15. The third-order valence-corrected chi connectivity index (χ3v) is 3.86. The maximum Gasteiger partial charge on any atom is 0.223 e. The van der Waals surface area contributed by atoms with Crippen LogP contribution in [0, 0.1) is 5.92 Å². The topological polar surface area (TPSA) is 76.7 Å². The van der Waals surface area contributed by atoms with Gasteiger partial charge in [0.05, 0.1) is 13.7 Å². The molecule has 132 valence electrons. The average molecular weight is 334 g/mol. The van der Waals surface area contributed by atoms with E-state index < -0.39 is 0 Å². The van der Waals surface area contributed by atoms with Crippen LogP contribution in [0.2, 0.25) is 0 Å². The molecule has 2 rings (SSSR count). The maximum absolute atomic E-state index is 11.9. The molecule has 1 aliphatic carbocycles. The van der Waals surface area contributed by atoms with Crippen molar-refractivity contribution in [2.75, 3.05) is 26.8 Å². The van der Waals surface area contributed by atoms with Crippen molar-refractivity contribution in [3.8, 4) is 11.5 Å². The number of benzene rings is 1. The molecule has 1 aromatic rings. The summed E-state index contributed by atoms with van der Waals surface area (Å²) in [5, 5.41) is 5.64. The van der Waals surface area contributed by atoms with Gasteiger partial charge in [0.25, 0.3) is 0 Å². The van der Waals surface area contributed by atoms with E-state index in [4.69, 9.17) is 9.47 Å². The Hall–Kier alpha value is -2.24. The van der Waals surface area contributed by atoms with E-state index in [-0.39, 0.29) is 17.7 Å². The zero-order chi connectivity index (χ0) is 17.4. The standard InChI is InChI=1S/C18H26N2O4/c1-3-24-15-8-4-13(12-16(15)23-2)5-9-17(21)19-10-11-20-18(22)14-6-7-14/h4,8,12,14H,3,5-7,9-11H2,1-2H3,(H,19,21)(H,20,22). The Morgan fingerprint density at radius 1 is 1.17 bits per heavy atom. The maximum atomic E-state index is 11.9. The molecule has 0 spiro atoms. The van der Waals surface area contributed by atoms with Crippen molar-refractivity contribution >= 4 is 11.8 Å². The number of ether oxygens (including phenoxy) is 2. The molecule has 2 N–H and O–H groups in total. The van der Waals surface area contributed by atoms with Crippen LogP contribution >= 0.6 is 0 Å².